The maximum atomic E-state index is 12.6. The quantitative estimate of drug-likeness (QED) is 0.835. The van der Waals surface area contributed by atoms with Crippen LogP contribution in [0.1, 0.15) is 36.5 Å². The largest absolute Gasteiger partial charge is 0.324 e. The lowest BCUT2D eigenvalue weighted by Gasteiger charge is -2.23. The fraction of sp³-hybridized carbons (Fsp3) is 0.350. The average molecular weight is 375 g/mol. The number of benzene rings is 2. The molecule has 0 unspecified atom stereocenters. The van der Waals surface area contributed by atoms with Gasteiger partial charge in [0.25, 0.3) is 0 Å². The number of hydrogen-bond acceptors (Lipinski definition) is 3. The molecule has 0 aliphatic carbocycles. The zero-order chi connectivity index (χ0) is 19.5. The first-order chi connectivity index (χ1) is 12.1. The lowest BCUT2D eigenvalue weighted by Crippen LogP contribution is -2.37. The van der Waals surface area contributed by atoms with E-state index >= 15 is 0 Å². The van der Waals surface area contributed by atoms with Gasteiger partial charge in [0.2, 0.25) is 15.9 Å². The van der Waals surface area contributed by atoms with Gasteiger partial charge in [-0.05, 0) is 48.6 Å². The molecule has 140 valence electrons. The van der Waals surface area contributed by atoms with Crippen molar-refractivity contribution in [2.45, 2.75) is 33.6 Å². The summed E-state index contributed by atoms with van der Waals surface area (Å²) in [5.41, 5.74) is 4.14. The summed E-state index contributed by atoms with van der Waals surface area (Å²) in [5.74, 6) is -0.124. The number of para-hydroxylation sites is 1. The van der Waals surface area contributed by atoms with Crippen LogP contribution in [0, 0.1) is 13.8 Å². The van der Waals surface area contributed by atoms with Crippen molar-refractivity contribution in [3.8, 4) is 0 Å². The number of nitrogens with zero attached hydrogens (tertiary/aromatic N) is 1. The molecule has 0 radical (unpaired) electrons. The molecule has 2 aromatic carbocycles. The third-order valence-electron chi connectivity index (χ3n) is 4.17. The summed E-state index contributed by atoms with van der Waals surface area (Å²) in [6.45, 7) is 7.65. The van der Waals surface area contributed by atoms with Gasteiger partial charge in [-0.15, -0.1) is 0 Å². The highest BCUT2D eigenvalue weighted by molar-refractivity contribution is 7.92. The molecule has 0 aliphatic heterocycles. The van der Waals surface area contributed by atoms with Crippen LogP contribution in [0.25, 0.3) is 0 Å². The molecular weight excluding hydrogens is 348 g/mol. The molecule has 1 N–H and O–H groups in total. The number of sulfonamides is 1. The zero-order valence-corrected chi connectivity index (χ0v) is 16.7. The zero-order valence-electron chi connectivity index (χ0n) is 15.9. The van der Waals surface area contributed by atoms with Crippen LogP contribution < -0.4 is 9.62 Å². The fourth-order valence-electron chi connectivity index (χ4n) is 2.83. The third-order valence-corrected chi connectivity index (χ3v) is 5.31. The minimum absolute atomic E-state index is 0.244. The fourth-order valence-corrected chi connectivity index (χ4v) is 3.68. The van der Waals surface area contributed by atoms with Crippen molar-refractivity contribution in [2.24, 2.45) is 0 Å². The highest BCUT2D eigenvalue weighted by atomic mass is 32.2. The van der Waals surface area contributed by atoms with Gasteiger partial charge in [0.1, 0.15) is 6.54 Å². The Balaban J connectivity index is 2.30. The predicted octanol–water partition coefficient (Wildman–Crippen LogP) is 3.83. The second kappa shape index (κ2) is 7.91. The van der Waals surface area contributed by atoms with Gasteiger partial charge in [0.05, 0.1) is 11.9 Å². The number of rotatable bonds is 6. The van der Waals surface area contributed by atoms with Crippen LogP contribution in [0.2, 0.25) is 0 Å². The standard InChI is InChI=1S/C20H26N2O3S/c1-14(2)18-11-7-9-16(4)20(18)21-19(23)13-22(26(5,24)25)17-10-6-8-15(3)12-17/h6-12,14H,13H2,1-5H3,(H,21,23). The van der Waals surface area contributed by atoms with E-state index in [-0.39, 0.29) is 18.4 Å². The topological polar surface area (TPSA) is 66.5 Å². The first kappa shape index (κ1) is 20.0. The molecular formula is C20H26N2O3S. The molecule has 2 rings (SSSR count). The molecule has 0 bridgehead atoms. The van der Waals surface area contributed by atoms with Crippen LogP contribution in [-0.4, -0.2) is 27.1 Å². The van der Waals surface area contributed by atoms with E-state index in [2.05, 4.69) is 19.2 Å². The molecule has 2 aromatic rings. The van der Waals surface area contributed by atoms with Crippen molar-refractivity contribution >= 4 is 27.3 Å². The van der Waals surface area contributed by atoms with Crippen molar-refractivity contribution in [1.29, 1.82) is 0 Å². The lowest BCUT2D eigenvalue weighted by atomic mass is 9.98. The molecule has 0 fully saturated rings. The van der Waals surface area contributed by atoms with Gasteiger partial charge < -0.3 is 5.32 Å². The maximum Gasteiger partial charge on any atom is 0.245 e. The molecule has 0 heterocycles. The number of anilines is 2. The molecule has 0 saturated carbocycles. The first-order valence-electron chi connectivity index (χ1n) is 8.53. The normalized spacial score (nSPS) is 11.5. The number of hydrogen-bond donors (Lipinski definition) is 1. The summed E-state index contributed by atoms with van der Waals surface area (Å²) in [4.78, 5) is 12.6. The third kappa shape index (κ3) is 4.85. The van der Waals surface area contributed by atoms with Gasteiger partial charge in [-0.1, -0.05) is 44.2 Å². The van der Waals surface area contributed by atoms with E-state index < -0.39 is 10.0 Å². The van der Waals surface area contributed by atoms with Crippen LogP contribution in [0.4, 0.5) is 11.4 Å². The maximum absolute atomic E-state index is 12.6. The molecule has 26 heavy (non-hydrogen) atoms. The summed E-state index contributed by atoms with van der Waals surface area (Å²) in [6, 6.07) is 13.0. The molecule has 0 aromatic heterocycles. The van der Waals surface area contributed by atoms with Crippen LogP contribution >= 0.6 is 0 Å². The summed E-state index contributed by atoms with van der Waals surface area (Å²) >= 11 is 0. The van der Waals surface area contributed by atoms with Crippen molar-refractivity contribution in [1.82, 2.24) is 0 Å². The number of amides is 1. The SMILES string of the molecule is Cc1cccc(N(CC(=O)Nc2c(C)cccc2C(C)C)S(C)(=O)=O)c1. The smallest absolute Gasteiger partial charge is 0.245 e. The van der Waals surface area contributed by atoms with Gasteiger partial charge in [-0.25, -0.2) is 8.42 Å². The number of aryl methyl sites for hydroxylation is 2. The Labute approximate surface area is 156 Å². The number of nitrogens with one attached hydrogen (secondary N) is 1. The van der Waals surface area contributed by atoms with E-state index in [4.69, 9.17) is 0 Å². The summed E-state index contributed by atoms with van der Waals surface area (Å²) in [7, 11) is -3.59. The van der Waals surface area contributed by atoms with Crippen LogP contribution in [0.3, 0.4) is 0 Å². The molecule has 5 nitrogen and oxygen atoms in total. The van der Waals surface area contributed by atoms with Gasteiger partial charge >= 0.3 is 0 Å². The lowest BCUT2D eigenvalue weighted by molar-refractivity contribution is -0.114. The first-order valence-corrected chi connectivity index (χ1v) is 10.4. The Morgan fingerprint density at radius 1 is 1.12 bits per heavy atom. The minimum atomic E-state index is -3.59. The van der Waals surface area contributed by atoms with Crippen molar-refractivity contribution in [2.75, 3.05) is 22.4 Å². The van der Waals surface area contributed by atoms with Crippen LogP contribution in [0.5, 0.6) is 0 Å². The second-order valence-corrected chi connectivity index (χ2v) is 8.76. The summed E-state index contributed by atoms with van der Waals surface area (Å²) in [6.07, 6.45) is 1.11. The molecule has 0 aliphatic rings. The summed E-state index contributed by atoms with van der Waals surface area (Å²) in [5, 5.41) is 2.90. The Bertz CT molecular complexity index is 905. The van der Waals surface area contributed by atoms with Gasteiger partial charge in [0.15, 0.2) is 0 Å². The van der Waals surface area contributed by atoms with Gasteiger partial charge in [-0.2, -0.15) is 0 Å². The van der Waals surface area contributed by atoms with E-state index in [1.54, 1.807) is 18.2 Å². The Hall–Kier alpha value is -2.34. The summed E-state index contributed by atoms with van der Waals surface area (Å²) < 4.78 is 25.6. The molecule has 0 atom stereocenters. The van der Waals surface area contributed by atoms with E-state index in [0.717, 1.165) is 32.9 Å². The van der Waals surface area contributed by atoms with Crippen LogP contribution in [-0.2, 0) is 14.8 Å². The predicted molar refractivity (Wildman–Crippen MR) is 107 cm³/mol. The molecule has 0 saturated heterocycles. The highest BCUT2D eigenvalue weighted by Gasteiger charge is 2.22. The number of carbonyl (C=O) groups excluding carboxylic acids is 1. The Kier molecular flexibility index (Phi) is 6.08. The average Bonchev–Trinajstić information content (AvgIpc) is 2.53. The molecule has 6 heteroatoms. The molecule has 1 amide bonds. The van der Waals surface area contributed by atoms with E-state index in [9.17, 15) is 13.2 Å². The Morgan fingerprint density at radius 2 is 1.77 bits per heavy atom. The van der Waals surface area contributed by atoms with E-state index in [0.29, 0.717) is 5.69 Å². The van der Waals surface area contributed by atoms with Gasteiger partial charge in [0, 0.05) is 5.69 Å². The van der Waals surface area contributed by atoms with Gasteiger partial charge in [-0.3, -0.25) is 9.10 Å². The van der Waals surface area contributed by atoms with Crippen LogP contribution in [0.15, 0.2) is 42.5 Å². The van der Waals surface area contributed by atoms with E-state index in [1.165, 1.54) is 0 Å². The van der Waals surface area contributed by atoms with Crippen molar-refractivity contribution < 1.29 is 13.2 Å². The Morgan fingerprint density at radius 3 is 2.35 bits per heavy atom. The monoisotopic (exact) mass is 374 g/mol. The molecule has 0 spiro atoms. The highest BCUT2D eigenvalue weighted by Crippen LogP contribution is 2.27. The van der Waals surface area contributed by atoms with E-state index in [1.807, 2.05) is 38.1 Å². The second-order valence-electron chi connectivity index (χ2n) is 6.85. The number of carbonyl (C=O) groups is 1. The minimum Gasteiger partial charge on any atom is -0.324 e. The van der Waals surface area contributed by atoms with Crippen molar-refractivity contribution in [3.63, 3.8) is 0 Å². The van der Waals surface area contributed by atoms with Crippen molar-refractivity contribution in [3.05, 3.63) is 59.2 Å².